The topological polar surface area (TPSA) is 12.4 Å². The molecule has 1 nitrogen and oxygen atoms in total. The van der Waals surface area contributed by atoms with Crippen molar-refractivity contribution < 1.29 is 0 Å². The van der Waals surface area contributed by atoms with Crippen molar-refractivity contribution in [1.29, 1.82) is 0 Å². The minimum absolute atomic E-state index is 0.434. The normalized spacial score (nSPS) is 18.4. The highest BCUT2D eigenvalue weighted by atomic mass is 32.2. The number of para-hydroxylation sites is 1. The van der Waals surface area contributed by atoms with Crippen molar-refractivity contribution in [2.45, 2.75) is 18.8 Å². The van der Waals surface area contributed by atoms with Gasteiger partial charge in [-0.2, -0.15) is 0 Å². The Kier molecular flexibility index (Phi) is 3.69. The van der Waals surface area contributed by atoms with E-state index in [1.54, 1.807) is 11.8 Å². The Labute approximate surface area is 118 Å². The van der Waals surface area contributed by atoms with Crippen LogP contribution in [0.5, 0.6) is 0 Å². The van der Waals surface area contributed by atoms with Gasteiger partial charge in [0.25, 0.3) is 0 Å². The third kappa shape index (κ3) is 2.59. The summed E-state index contributed by atoms with van der Waals surface area (Å²) in [6.07, 6.45) is 4.37. The highest BCUT2D eigenvalue weighted by Crippen LogP contribution is 2.35. The second-order valence-electron chi connectivity index (χ2n) is 4.78. The Morgan fingerprint density at radius 2 is 1.74 bits per heavy atom. The predicted molar refractivity (Wildman–Crippen MR) is 84.6 cm³/mol. The molecule has 3 rings (SSSR count). The molecule has 96 valence electrons. The first kappa shape index (κ1) is 12.5. The summed E-state index contributed by atoms with van der Waals surface area (Å²) in [7, 11) is 0. The second kappa shape index (κ2) is 5.62. The van der Waals surface area contributed by atoms with Crippen LogP contribution in [-0.4, -0.2) is 11.3 Å². The first-order chi connectivity index (χ1) is 9.38. The molecule has 0 aliphatic carbocycles. The summed E-state index contributed by atoms with van der Waals surface area (Å²) in [5, 5.41) is 1.23. The van der Waals surface area contributed by atoms with E-state index in [-0.39, 0.29) is 0 Å². The molecule has 1 aliphatic heterocycles. The molecule has 0 radical (unpaired) electrons. The summed E-state index contributed by atoms with van der Waals surface area (Å²) in [4.78, 5) is 4.90. The number of thioether (sulfide) groups is 1. The van der Waals surface area contributed by atoms with Gasteiger partial charge in [-0.3, -0.25) is 0 Å². The van der Waals surface area contributed by atoms with E-state index in [2.05, 4.69) is 60.9 Å². The van der Waals surface area contributed by atoms with Gasteiger partial charge in [-0.25, -0.2) is 4.99 Å². The number of nitrogens with zero attached hydrogens (tertiary/aromatic N) is 1. The zero-order chi connectivity index (χ0) is 13.1. The number of fused-ring (bicyclic) bond motifs is 1. The molecule has 1 aliphatic rings. The summed E-state index contributed by atoms with van der Waals surface area (Å²) in [6.45, 7) is 0. The zero-order valence-electron chi connectivity index (χ0n) is 11.0. The molecule has 0 N–H and O–H groups in total. The molecule has 1 atom stereocenters. The predicted octanol–water partition coefficient (Wildman–Crippen LogP) is 4.81. The number of hydrogen-bond donors (Lipinski definition) is 0. The smallest absolute Gasteiger partial charge is 0.0811 e. The first-order valence-corrected chi connectivity index (χ1v) is 7.86. The fourth-order valence-electron chi connectivity index (χ4n) is 2.63. The van der Waals surface area contributed by atoms with Crippen molar-refractivity contribution in [3.63, 3.8) is 0 Å². The summed E-state index contributed by atoms with van der Waals surface area (Å²) >= 11 is 1.78. The maximum Gasteiger partial charge on any atom is 0.0811 e. The Balaban J connectivity index is 2.02. The third-order valence-electron chi connectivity index (χ3n) is 3.63. The van der Waals surface area contributed by atoms with Gasteiger partial charge in [-0.05, 0) is 36.3 Å². The molecule has 0 saturated carbocycles. The van der Waals surface area contributed by atoms with E-state index in [0.717, 1.165) is 18.5 Å². The first-order valence-electron chi connectivity index (χ1n) is 6.64. The maximum atomic E-state index is 4.90. The van der Waals surface area contributed by atoms with Crippen LogP contribution in [0.1, 0.15) is 23.5 Å². The van der Waals surface area contributed by atoms with E-state index in [1.807, 2.05) is 0 Å². The van der Waals surface area contributed by atoms with E-state index in [0.29, 0.717) is 5.92 Å². The fraction of sp³-hybridized carbons (Fsp3) is 0.235. The minimum Gasteiger partial charge on any atom is -0.246 e. The van der Waals surface area contributed by atoms with Gasteiger partial charge in [0, 0.05) is 5.92 Å². The van der Waals surface area contributed by atoms with Gasteiger partial charge in [-0.15, -0.1) is 11.8 Å². The lowest BCUT2D eigenvalue weighted by Crippen LogP contribution is -2.08. The maximum absolute atomic E-state index is 4.90. The summed E-state index contributed by atoms with van der Waals surface area (Å²) in [6, 6.07) is 19.2. The van der Waals surface area contributed by atoms with Crippen LogP contribution in [0.2, 0.25) is 0 Å². The second-order valence-corrected chi connectivity index (χ2v) is 5.61. The van der Waals surface area contributed by atoms with Crippen molar-refractivity contribution >= 4 is 22.5 Å². The van der Waals surface area contributed by atoms with Crippen LogP contribution >= 0.6 is 11.8 Å². The van der Waals surface area contributed by atoms with Gasteiger partial charge in [0.1, 0.15) is 0 Å². The molecule has 1 unspecified atom stereocenters. The lowest BCUT2D eigenvalue weighted by Gasteiger charge is -2.16. The van der Waals surface area contributed by atoms with E-state index in [1.165, 1.54) is 16.2 Å². The molecule has 0 fully saturated rings. The SMILES string of the molecule is CSC1=Nc2ccccc2CCC1c1ccccc1. The minimum atomic E-state index is 0.434. The van der Waals surface area contributed by atoms with Crippen molar-refractivity contribution in [1.82, 2.24) is 0 Å². The van der Waals surface area contributed by atoms with Gasteiger partial charge in [0.05, 0.1) is 10.7 Å². The number of aliphatic imine (C=N–C) groups is 1. The highest BCUT2D eigenvalue weighted by Gasteiger charge is 2.21. The van der Waals surface area contributed by atoms with Gasteiger partial charge < -0.3 is 0 Å². The van der Waals surface area contributed by atoms with Crippen LogP contribution in [-0.2, 0) is 6.42 Å². The zero-order valence-corrected chi connectivity index (χ0v) is 11.9. The van der Waals surface area contributed by atoms with Gasteiger partial charge in [-0.1, -0.05) is 48.5 Å². The Morgan fingerprint density at radius 3 is 2.53 bits per heavy atom. The molecule has 2 aromatic rings. The van der Waals surface area contributed by atoms with Gasteiger partial charge in [0.15, 0.2) is 0 Å². The number of benzene rings is 2. The summed E-state index contributed by atoms with van der Waals surface area (Å²) in [5.41, 5.74) is 3.89. The molecule has 1 heterocycles. The number of aryl methyl sites for hydroxylation is 1. The molecular formula is C17H17NS. The van der Waals surface area contributed by atoms with Gasteiger partial charge >= 0.3 is 0 Å². The van der Waals surface area contributed by atoms with E-state index >= 15 is 0 Å². The van der Waals surface area contributed by atoms with E-state index < -0.39 is 0 Å². The number of hydrogen-bond acceptors (Lipinski definition) is 2. The van der Waals surface area contributed by atoms with Crippen molar-refractivity contribution in [3.05, 3.63) is 65.7 Å². The quantitative estimate of drug-likeness (QED) is 0.722. The van der Waals surface area contributed by atoms with Gasteiger partial charge in [0.2, 0.25) is 0 Å². The van der Waals surface area contributed by atoms with Crippen molar-refractivity contribution in [2.24, 2.45) is 4.99 Å². The monoisotopic (exact) mass is 267 g/mol. The van der Waals surface area contributed by atoms with Crippen LogP contribution < -0.4 is 0 Å². The van der Waals surface area contributed by atoms with Crippen LogP contribution in [0.4, 0.5) is 5.69 Å². The van der Waals surface area contributed by atoms with E-state index in [9.17, 15) is 0 Å². The molecule has 0 aromatic heterocycles. The van der Waals surface area contributed by atoms with Crippen LogP contribution in [0.3, 0.4) is 0 Å². The Bertz CT molecular complexity index is 589. The molecule has 0 spiro atoms. The van der Waals surface area contributed by atoms with Crippen LogP contribution in [0, 0.1) is 0 Å². The highest BCUT2D eigenvalue weighted by molar-refractivity contribution is 8.13. The molecule has 2 heteroatoms. The Morgan fingerprint density at radius 1 is 1.00 bits per heavy atom. The van der Waals surface area contributed by atoms with Crippen LogP contribution in [0.25, 0.3) is 0 Å². The molecule has 2 aromatic carbocycles. The molecular weight excluding hydrogens is 250 g/mol. The lowest BCUT2D eigenvalue weighted by molar-refractivity contribution is 0.782. The largest absolute Gasteiger partial charge is 0.246 e. The lowest BCUT2D eigenvalue weighted by atomic mass is 9.94. The molecule has 19 heavy (non-hydrogen) atoms. The molecule has 0 amide bonds. The molecule has 0 saturated heterocycles. The fourth-order valence-corrected chi connectivity index (χ4v) is 3.36. The Hall–Kier alpha value is -1.54. The average molecular weight is 267 g/mol. The average Bonchev–Trinajstić information content (AvgIpc) is 2.67. The van der Waals surface area contributed by atoms with E-state index in [4.69, 9.17) is 4.99 Å². The van der Waals surface area contributed by atoms with Crippen molar-refractivity contribution in [3.8, 4) is 0 Å². The summed E-state index contributed by atoms with van der Waals surface area (Å²) < 4.78 is 0. The number of rotatable bonds is 1. The molecule has 0 bridgehead atoms. The summed E-state index contributed by atoms with van der Waals surface area (Å²) in [5.74, 6) is 0.434. The third-order valence-corrected chi connectivity index (χ3v) is 4.43. The van der Waals surface area contributed by atoms with Crippen LogP contribution in [0.15, 0.2) is 59.6 Å². The van der Waals surface area contributed by atoms with Crippen molar-refractivity contribution in [2.75, 3.05) is 6.26 Å². The standard InChI is InChI=1S/C17H17NS/c1-19-17-15(13-7-3-2-4-8-13)12-11-14-9-5-6-10-16(14)18-17/h2-10,15H,11-12H2,1H3.